The van der Waals surface area contributed by atoms with Gasteiger partial charge in [0.25, 0.3) is 10.0 Å². The highest BCUT2D eigenvalue weighted by Crippen LogP contribution is 2.35. The predicted molar refractivity (Wildman–Crippen MR) is 134 cm³/mol. The number of ether oxygens (including phenoxy) is 2. The minimum Gasteiger partial charge on any atom is -0.497 e. The molecule has 0 radical (unpaired) electrons. The molecule has 0 aromatic heterocycles. The number of rotatable bonds is 10. The van der Waals surface area contributed by atoms with Crippen molar-refractivity contribution in [1.29, 1.82) is 0 Å². The predicted octanol–water partition coefficient (Wildman–Crippen LogP) is 4.66. The Kier molecular flexibility index (Phi) is 8.17. The fourth-order valence-electron chi connectivity index (χ4n) is 3.72. The Morgan fingerprint density at radius 2 is 1.53 bits per heavy atom. The van der Waals surface area contributed by atoms with Gasteiger partial charge in [0, 0.05) is 11.8 Å². The minimum atomic E-state index is -4.09. The van der Waals surface area contributed by atoms with E-state index in [1.807, 2.05) is 32.0 Å². The van der Waals surface area contributed by atoms with Crippen molar-refractivity contribution < 1.29 is 22.7 Å². The zero-order valence-corrected chi connectivity index (χ0v) is 20.7. The number of hydrogen-bond donors (Lipinski definition) is 1. The molecule has 3 aromatic carbocycles. The number of nitrogens with zero attached hydrogens (tertiary/aromatic N) is 1. The van der Waals surface area contributed by atoms with E-state index in [4.69, 9.17) is 9.47 Å². The Labute approximate surface area is 201 Å². The molecule has 0 bridgehead atoms. The minimum absolute atomic E-state index is 0.0656. The monoisotopic (exact) mass is 482 g/mol. The number of amides is 1. The molecule has 0 spiro atoms. The highest BCUT2D eigenvalue weighted by Gasteiger charge is 2.30. The fraction of sp³-hybridized carbons (Fsp3) is 0.269. The number of para-hydroxylation sites is 1. The van der Waals surface area contributed by atoms with Crippen molar-refractivity contribution in [1.82, 2.24) is 0 Å². The largest absolute Gasteiger partial charge is 0.497 e. The van der Waals surface area contributed by atoms with Crippen molar-refractivity contribution in [3.8, 4) is 11.5 Å². The maximum atomic E-state index is 13.7. The van der Waals surface area contributed by atoms with Crippen LogP contribution in [-0.2, 0) is 27.7 Å². The third-order valence-electron chi connectivity index (χ3n) is 5.54. The van der Waals surface area contributed by atoms with E-state index in [1.54, 1.807) is 36.4 Å². The SMILES string of the molecule is CCc1cccc(CC)c1NC(=O)CN(c1cc(OC)ccc1OC)S(=O)(=O)c1ccccc1. The third kappa shape index (κ3) is 5.34. The number of nitrogens with one attached hydrogen (secondary N) is 1. The lowest BCUT2D eigenvalue weighted by atomic mass is 10.0. The van der Waals surface area contributed by atoms with Crippen LogP contribution < -0.4 is 19.1 Å². The molecule has 0 saturated carbocycles. The van der Waals surface area contributed by atoms with E-state index in [-0.39, 0.29) is 10.6 Å². The molecule has 3 aromatic rings. The molecular formula is C26H30N2O5S. The molecule has 0 atom stereocenters. The summed E-state index contributed by atoms with van der Waals surface area (Å²) in [6.45, 7) is 3.58. The van der Waals surface area contributed by atoms with Gasteiger partial charge < -0.3 is 14.8 Å². The molecule has 1 N–H and O–H groups in total. The van der Waals surface area contributed by atoms with Gasteiger partial charge in [0.1, 0.15) is 18.0 Å². The van der Waals surface area contributed by atoms with Crippen LogP contribution in [0.3, 0.4) is 0 Å². The molecule has 3 rings (SSSR count). The summed E-state index contributed by atoms with van der Waals surface area (Å²) in [6, 6.07) is 18.7. The lowest BCUT2D eigenvalue weighted by Crippen LogP contribution is -2.38. The maximum Gasteiger partial charge on any atom is 0.264 e. The molecule has 180 valence electrons. The first-order chi connectivity index (χ1) is 16.3. The van der Waals surface area contributed by atoms with Gasteiger partial charge in [-0.2, -0.15) is 0 Å². The number of methoxy groups -OCH3 is 2. The van der Waals surface area contributed by atoms with Crippen LogP contribution in [0.15, 0.2) is 71.6 Å². The quantitative estimate of drug-likeness (QED) is 0.454. The van der Waals surface area contributed by atoms with Gasteiger partial charge in [-0.25, -0.2) is 8.42 Å². The van der Waals surface area contributed by atoms with Gasteiger partial charge in [-0.3, -0.25) is 9.10 Å². The van der Waals surface area contributed by atoms with Crippen LogP contribution >= 0.6 is 0 Å². The number of benzene rings is 3. The second-order valence-corrected chi connectivity index (χ2v) is 9.43. The first kappa shape index (κ1) is 25.1. The van der Waals surface area contributed by atoms with E-state index >= 15 is 0 Å². The van der Waals surface area contributed by atoms with Gasteiger partial charge in [0.15, 0.2) is 0 Å². The van der Waals surface area contributed by atoms with Crippen LogP contribution in [0.4, 0.5) is 11.4 Å². The van der Waals surface area contributed by atoms with Crippen molar-refractivity contribution in [2.24, 2.45) is 0 Å². The average Bonchev–Trinajstić information content (AvgIpc) is 2.87. The topological polar surface area (TPSA) is 84.9 Å². The van der Waals surface area contributed by atoms with E-state index in [0.717, 1.165) is 34.0 Å². The Hall–Kier alpha value is -3.52. The summed E-state index contributed by atoms with van der Waals surface area (Å²) >= 11 is 0. The van der Waals surface area contributed by atoms with Crippen molar-refractivity contribution >= 4 is 27.3 Å². The number of carbonyl (C=O) groups is 1. The second-order valence-electron chi connectivity index (χ2n) is 7.57. The first-order valence-corrected chi connectivity index (χ1v) is 12.5. The van der Waals surface area contributed by atoms with Gasteiger partial charge in [-0.05, 0) is 48.2 Å². The molecular weight excluding hydrogens is 452 g/mol. The summed E-state index contributed by atoms with van der Waals surface area (Å²) in [5.41, 5.74) is 2.92. The normalized spacial score (nSPS) is 11.1. The Balaban J connectivity index is 2.07. The Bertz CT molecular complexity index is 1220. The van der Waals surface area contributed by atoms with Gasteiger partial charge in [-0.15, -0.1) is 0 Å². The summed E-state index contributed by atoms with van der Waals surface area (Å²) in [6.07, 6.45) is 1.47. The Morgan fingerprint density at radius 1 is 0.882 bits per heavy atom. The number of aryl methyl sites for hydroxylation is 2. The third-order valence-corrected chi connectivity index (χ3v) is 7.31. The second kappa shape index (κ2) is 11.1. The van der Waals surface area contributed by atoms with Gasteiger partial charge >= 0.3 is 0 Å². The lowest BCUT2D eigenvalue weighted by Gasteiger charge is -2.26. The van der Waals surface area contributed by atoms with E-state index in [1.165, 1.54) is 26.4 Å². The van der Waals surface area contributed by atoms with Gasteiger partial charge in [0.05, 0.1) is 24.8 Å². The van der Waals surface area contributed by atoms with Crippen LogP contribution in [0.2, 0.25) is 0 Å². The zero-order valence-electron chi connectivity index (χ0n) is 19.9. The molecule has 0 aliphatic heterocycles. The average molecular weight is 483 g/mol. The molecule has 34 heavy (non-hydrogen) atoms. The van der Waals surface area contributed by atoms with Crippen molar-refractivity contribution in [3.05, 3.63) is 77.9 Å². The molecule has 0 heterocycles. The van der Waals surface area contributed by atoms with Crippen LogP contribution in [0.25, 0.3) is 0 Å². The van der Waals surface area contributed by atoms with Crippen LogP contribution in [0.5, 0.6) is 11.5 Å². The molecule has 0 aliphatic carbocycles. The van der Waals surface area contributed by atoms with Crippen LogP contribution in [0, 0.1) is 0 Å². The number of anilines is 2. The molecule has 0 aliphatic rings. The molecule has 0 unspecified atom stereocenters. The van der Waals surface area contributed by atoms with Gasteiger partial charge in [0.2, 0.25) is 5.91 Å². The van der Waals surface area contributed by atoms with Crippen LogP contribution in [-0.4, -0.2) is 35.1 Å². The fourth-order valence-corrected chi connectivity index (χ4v) is 5.17. The first-order valence-electron chi connectivity index (χ1n) is 11.1. The van der Waals surface area contributed by atoms with E-state index < -0.39 is 22.5 Å². The summed E-state index contributed by atoms with van der Waals surface area (Å²) in [5.74, 6) is 0.283. The van der Waals surface area contributed by atoms with E-state index in [9.17, 15) is 13.2 Å². The summed E-state index contributed by atoms with van der Waals surface area (Å²) in [5, 5.41) is 2.95. The maximum absolute atomic E-state index is 13.7. The van der Waals surface area contributed by atoms with Gasteiger partial charge in [-0.1, -0.05) is 50.2 Å². The smallest absolute Gasteiger partial charge is 0.264 e. The number of carbonyl (C=O) groups excluding carboxylic acids is 1. The van der Waals surface area contributed by atoms with Crippen molar-refractivity contribution in [3.63, 3.8) is 0 Å². The van der Waals surface area contributed by atoms with Crippen molar-refractivity contribution in [2.45, 2.75) is 31.6 Å². The lowest BCUT2D eigenvalue weighted by molar-refractivity contribution is -0.114. The summed E-state index contributed by atoms with van der Waals surface area (Å²) in [7, 11) is -1.16. The molecule has 0 fully saturated rings. The molecule has 0 saturated heterocycles. The molecule has 7 nitrogen and oxygen atoms in total. The molecule has 1 amide bonds. The summed E-state index contributed by atoms with van der Waals surface area (Å²) in [4.78, 5) is 13.3. The van der Waals surface area contributed by atoms with E-state index in [2.05, 4.69) is 5.32 Å². The zero-order chi connectivity index (χ0) is 24.7. The Morgan fingerprint density at radius 3 is 2.09 bits per heavy atom. The number of hydrogen-bond acceptors (Lipinski definition) is 5. The van der Waals surface area contributed by atoms with E-state index in [0.29, 0.717) is 11.5 Å². The van der Waals surface area contributed by atoms with Crippen molar-refractivity contribution in [2.75, 3.05) is 30.4 Å². The van der Waals surface area contributed by atoms with Crippen LogP contribution in [0.1, 0.15) is 25.0 Å². The standard InChI is InChI=1S/C26H30N2O5S/c1-5-19-11-10-12-20(6-2)26(19)27-25(29)18-28(34(30,31)22-13-8-7-9-14-22)23-17-21(32-3)15-16-24(23)33-4/h7-17H,5-6,18H2,1-4H3,(H,27,29). The summed E-state index contributed by atoms with van der Waals surface area (Å²) < 4.78 is 39.2. The number of sulfonamides is 1. The highest BCUT2D eigenvalue weighted by molar-refractivity contribution is 7.92. The highest BCUT2D eigenvalue weighted by atomic mass is 32.2. The molecule has 8 heteroatoms.